The van der Waals surface area contributed by atoms with Crippen molar-refractivity contribution in [1.82, 2.24) is 0 Å². The smallest absolute Gasteiger partial charge is 0.132 e. The molecule has 7 atom stereocenters. The van der Waals surface area contributed by atoms with Gasteiger partial charge in [0.25, 0.3) is 0 Å². The van der Waals surface area contributed by atoms with E-state index in [0.717, 1.165) is 17.0 Å². The first-order valence-electron chi connectivity index (χ1n) is 11.5. The lowest BCUT2D eigenvalue weighted by Crippen LogP contribution is -2.52. The molecule has 2 aliphatic carbocycles. The number of hydrogen-bond donors (Lipinski definition) is 3. The van der Waals surface area contributed by atoms with Gasteiger partial charge in [0.15, 0.2) is 0 Å². The molecule has 0 aromatic heterocycles. The summed E-state index contributed by atoms with van der Waals surface area (Å²) >= 11 is 7.83. The zero-order valence-electron chi connectivity index (χ0n) is 18.3. The van der Waals surface area contributed by atoms with Crippen LogP contribution in [0.2, 0.25) is 5.02 Å². The van der Waals surface area contributed by atoms with Crippen LogP contribution in [-0.4, -0.2) is 45.3 Å². The van der Waals surface area contributed by atoms with Crippen LogP contribution >= 0.6 is 23.4 Å². The first kappa shape index (κ1) is 22.7. The highest BCUT2D eigenvalue weighted by Gasteiger charge is 2.55. The summed E-state index contributed by atoms with van der Waals surface area (Å²) in [6, 6.07) is 14.6. The van der Waals surface area contributed by atoms with Gasteiger partial charge < -0.3 is 20.1 Å². The molecule has 1 saturated heterocycles. The zero-order valence-corrected chi connectivity index (χ0v) is 19.9. The van der Waals surface area contributed by atoms with E-state index in [-0.39, 0.29) is 0 Å². The molecule has 3 fully saturated rings. The number of hydrogen-bond acceptors (Lipinski definition) is 5. The summed E-state index contributed by atoms with van der Waals surface area (Å²) in [6.45, 7) is 0. The van der Waals surface area contributed by atoms with Crippen LogP contribution in [0, 0.1) is 5.92 Å². The largest absolute Gasteiger partial charge is 0.387 e. The lowest BCUT2D eigenvalue weighted by Gasteiger charge is -2.40. The maximum atomic E-state index is 10.5. The molecule has 0 spiro atoms. The van der Waals surface area contributed by atoms with Crippen molar-refractivity contribution < 1.29 is 20.1 Å². The fraction of sp³-hybridized carbons (Fsp3) is 0.538. The number of aliphatic hydroxyl groups excluding tert-OH is 3. The number of aliphatic hydroxyl groups is 3. The molecular formula is C26H31ClO4S. The fourth-order valence-corrected chi connectivity index (χ4v) is 6.65. The van der Waals surface area contributed by atoms with Gasteiger partial charge in [-0.3, -0.25) is 0 Å². The summed E-state index contributed by atoms with van der Waals surface area (Å²) in [5.74, 6) is 0.883. The molecule has 0 radical (unpaired) electrons. The second-order valence-corrected chi connectivity index (χ2v) is 11.0. The van der Waals surface area contributed by atoms with Crippen molar-refractivity contribution >= 4 is 23.4 Å². The second kappa shape index (κ2) is 8.94. The Kier molecular flexibility index (Phi) is 6.34. The van der Waals surface area contributed by atoms with Crippen molar-refractivity contribution in [3.63, 3.8) is 0 Å². The first-order valence-corrected chi connectivity index (χ1v) is 13.2. The topological polar surface area (TPSA) is 69.9 Å². The molecule has 3 N–H and O–H groups in total. The minimum Gasteiger partial charge on any atom is -0.387 e. The highest BCUT2D eigenvalue weighted by Crippen LogP contribution is 2.62. The molecule has 5 rings (SSSR count). The molecule has 3 unspecified atom stereocenters. The third-order valence-electron chi connectivity index (χ3n) is 7.78. The van der Waals surface area contributed by atoms with Gasteiger partial charge in [0.1, 0.15) is 29.9 Å². The number of benzene rings is 2. The quantitative estimate of drug-likeness (QED) is 0.590. The van der Waals surface area contributed by atoms with Gasteiger partial charge in [0.2, 0.25) is 0 Å². The van der Waals surface area contributed by atoms with Crippen molar-refractivity contribution in [2.45, 2.75) is 73.8 Å². The highest BCUT2D eigenvalue weighted by molar-refractivity contribution is 7.99. The molecule has 2 aromatic rings. The van der Waals surface area contributed by atoms with Crippen LogP contribution in [0.15, 0.2) is 42.5 Å². The Morgan fingerprint density at radius 1 is 1.03 bits per heavy atom. The van der Waals surface area contributed by atoms with E-state index in [1.54, 1.807) is 0 Å². The molecule has 2 aromatic carbocycles. The summed E-state index contributed by atoms with van der Waals surface area (Å²) in [7, 11) is 0. The predicted molar refractivity (Wildman–Crippen MR) is 128 cm³/mol. The minimum absolute atomic E-state index is 0.446. The summed E-state index contributed by atoms with van der Waals surface area (Å²) < 4.78 is 5.92. The molecule has 0 bridgehead atoms. The van der Waals surface area contributed by atoms with E-state index in [0.29, 0.717) is 16.9 Å². The Balaban J connectivity index is 1.34. The minimum atomic E-state index is -1.26. The van der Waals surface area contributed by atoms with Crippen LogP contribution in [0.1, 0.15) is 60.5 Å². The Hall–Kier alpha value is -1.08. The monoisotopic (exact) mass is 474 g/mol. The molecule has 32 heavy (non-hydrogen) atoms. The second-order valence-electron chi connectivity index (χ2n) is 9.66. The summed E-state index contributed by atoms with van der Waals surface area (Å²) in [6.07, 6.45) is 4.96. The molecule has 1 heterocycles. The van der Waals surface area contributed by atoms with Crippen LogP contribution in [-0.2, 0) is 16.6 Å². The van der Waals surface area contributed by atoms with E-state index < -0.39 is 29.9 Å². The molecule has 6 heteroatoms. The van der Waals surface area contributed by atoms with Gasteiger partial charge in [-0.25, -0.2) is 0 Å². The van der Waals surface area contributed by atoms with E-state index >= 15 is 0 Å². The SMILES string of the molecule is CS[C@H]1OC(c2ccc(Cl)c(Cc3ccc(C45CCCCC4C5)cc3)c2)[C@H](O)[C@@H](O)[C@@H]1O. The highest BCUT2D eigenvalue weighted by atomic mass is 35.5. The van der Waals surface area contributed by atoms with E-state index in [1.165, 1.54) is 55.0 Å². The Bertz CT molecular complexity index is 965. The summed E-state index contributed by atoms with van der Waals surface area (Å²) in [5, 5.41) is 31.6. The van der Waals surface area contributed by atoms with E-state index in [9.17, 15) is 15.3 Å². The Labute approximate surface area is 199 Å². The van der Waals surface area contributed by atoms with Gasteiger partial charge in [-0.1, -0.05) is 60.8 Å². The van der Waals surface area contributed by atoms with Crippen molar-refractivity contribution in [2.24, 2.45) is 5.92 Å². The van der Waals surface area contributed by atoms with E-state index in [2.05, 4.69) is 24.3 Å². The van der Waals surface area contributed by atoms with Crippen LogP contribution in [0.3, 0.4) is 0 Å². The van der Waals surface area contributed by atoms with E-state index in [4.69, 9.17) is 16.3 Å². The van der Waals surface area contributed by atoms with Gasteiger partial charge in [-0.15, -0.1) is 11.8 Å². The maximum absolute atomic E-state index is 10.5. The lowest BCUT2D eigenvalue weighted by atomic mass is 9.82. The summed E-state index contributed by atoms with van der Waals surface area (Å²) in [4.78, 5) is 0. The van der Waals surface area contributed by atoms with Crippen molar-refractivity contribution in [3.05, 3.63) is 69.7 Å². The average Bonchev–Trinajstić information content (AvgIpc) is 3.56. The van der Waals surface area contributed by atoms with Crippen LogP contribution < -0.4 is 0 Å². The zero-order chi connectivity index (χ0) is 22.5. The summed E-state index contributed by atoms with van der Waals surface area (Å²) in [5.41, 5.74) is 4.23. The Morgan fingerprint density at radius 3 is 2.53 bits per heavy atom. The van der Waals surface area contributed by atoms with Gasteiger partial charge in [-0.2, -0.15) is 0 Å². The molecule has 4 nitrogen and oxygen atoms in total. The van der Waals surface area contributed by atoms with Gasteiger partial charge in [0, 0.05) is 5.02 Å². The maximum Gasteiger partial charge on any atom is 0.132 e. The predicted octanol–water partition coefficient (Wildman–Crippen LogP) is 4.61. The number of fused-ring (bicyclic) bond motifs is 1. The third-order valence-corrected chi connectivity index (χ3v) is 9.00. The number of rotatable bonds is 5. The van der Waals surface area contributed by atoms with Crippen LogP contribution in [0.4, 0.5) is 0 Å². The number of thioether (sulfide) groups is 1. The van der Waals surface area contributed by atoms with Gasteiger partial charge in [0.05, 0.1) is 0 Å². The van der Waals surface area contributed by atoms with Crippen molar-refractivity contribution in [3.8, 4) is 0 Å². The average molecular weight is 475 g/mol. The van der Waals surface area contributed by atoms with Crippen molar-refractivity contribution in [2.75, 3.05) is 6.26 Å². The van der Waals surface area contributed by atoms with Crippen LogP contribution in [0.5, 0.6) is 0 Å². The number of ether oxygens (including phenoxy) is 1. The van der Waals surface area contributed by atoms with Crippen LogP contribution in [0.25, 0.3) is 0 Å². The molecule has 2 saturated carbocycles. The standard InChI is InChI=1S/C26H31ClO4S/c1-32-25-23(30)21(28)22(29)24(31-25)16-7-10-20(27)17(13-16)12-15-5-8-18(9-6-15)26-11-3-2-4-19(26)14-26/h5-10,13,19,21-25,28-30H,2-4,11-12,14H2,1H3/t19?,21-,22-,23+,24?,25-,26?/m1/s1. The molecule has 3 aliphatic rings. The Morgan fingerprint density at radius 2 is 1.81 bits per heavy atom. The number of halogens is 1. The van der Waals surface area contributed by atoms with Gasteiger partial charge >= 0.3 is 0 Å². The first-order chi connectivity index (χ1) is 15.4. The fourth-order valence-electron chi connectivity index (χ4n) is 5.79. The normalized spacial score (nSPS) is 36.5. The molecular weight excluding hydrogens is 444 g/mol. The lowest BCUT2D eigenvalue weighted by molar-refractivity contribution is -0.200. The van der Waals surface area contributed by atoms with E-state index in [1.807, 2.05) is 24.5 Å². The molecule has 172 valence electrons. The molecule has 0 amide bonds. The van der Waals surface area contributed by atoms with Crippen molar-refractivity contribution in [1.29, 1.82) is 0 Å². The third kappa shape index (κ3) is 4.02. The van der Waals surface area contributed by atoms with Gasteiger partial charge in [-0.05, 0) is 71.6 Å². The molecule has 1 aliphatic heterocycles.